The first-order chi connectivity index (χ1) is 12.8. The lowest BCUT2D eigenvalue weighted by Gasteiger charge is -2.26. The Morgan fingerprint density at radius 3 is 2.15 bits per heavy atom. The summed E-state index contributed by atoms with van der Waals surface area (Å²) in [7, 11) is 0. The fraction of sp³-hybridized carbons (Fsp3) is 0.391. The third kappa shape index (κ3) is 4.76. The van der Waals surface area contributed by atoms with E-state index >= 15 is 0 Å². The number of nitrogens with zero attached hydrogens (tertiary/aromatic N) is 1. The molecule has 0 saturated carbocycles. The van der Waals surface area contributed by atoms with Crippen LogP contribution in [-0.2, 0) is 5.41 Å². The van der Waals surface area contributed by atoms with Crippen molar-refractivity contribution in [3.05, 3.63) is 65.2 Å². The summed E-state index contributed by atoms with van der Waals surface area (Å²) >= 11 is 0. The number of piperidine rings is 1. The maximum Gasteiger partial charge on any atom is 0.255 e. The molecule has 1 aliphatic heterocycles. The summed E-state index contributed by atoms with van der Waals surface area (Å²) < 4.78 is 0. The number of hydrogen-bond acceptors (Lipinski definition) is 2. The lowest BCUT2D eigenvalue weighted by molar-refractivity contribution is 0.0724. The number of nitrogens with one attached hydrogen (secondary N) is 1. The Bertz CT molecular complexity index is 813. The molecule has 1 saturated heterocycles. The van der Waals surface area contributed by atoms with Crippen molar-refractivity contribution in [2.24, 2.45) is 0 Å². The zero-order chi connectivity index (χ0) is 19.4. The van der Waals surface area contributed by atoms with E-state index in [-0.39, 0.29) is 17.2 Å². The van der Waals surface area contributed by atoms with Gasteiger partial charge in [0.25, 0.3) is 11.8 Å². The van der Waals surface area contributed by atoms with Gasteiger partial charge in [0.1, 0.15) is 0 Å². The van der Waals surface area contributed by atoms with Crippen molar-refractivity contribution in [2.45, 2.75) is 45.4 Å². The van der Waals surface area contributed by atoms with Crippen LogP contribution in [0, 0.1) is 0 Å². The number of carbonyl (C=O) groups is 2. The van der Waals surface area contributed by atoms with Crippen LogP contribution in [-0.4, -0.2) is 29.8 Å². The van der Waals surface area contributed by atoms with Gasteiger partial charge in [-0.3, -0.25) is 9.59 Å². The fourth-order valence-corrected chi connectivity index (χ4v) is 3.33. The molecule has 0 bridgehead atoms. The molecule has 0 atom stereocenters. The quantitative estimate of drug-likeness (QED) is 0.845. The minimum atomic E-state index is -0.202. The molecule has 4 nitrogen and oxygen atoms in total. The van der Waals surface area contributed by atoms with Gasteiger partial charge in [-0.15, -0.1) is 0 Å². The first-order valence-corrected chi connectivity index (χ1v) is 9.66. The van der Waals surface area contributed by atoms with Gasteiger partial charge in [0.15, 0.2) is 0 Å². The van der Waals surface area contributed by atoms with Crippen molar-refractivity contribution in [1.29, 1.82) is 0 Å². The van der Waals surface area contributed by atoms with E-state index in [0.29, 0.717) is 11.1 Å². The predicted octanol–water partition coefficient (Wildman–Crippen LogP) is 4.86. The van der Waals surface area contributed by atoms with Gasteiger partial charge in [0, 0.05) is 29.9 Å². The molecule has 142 valence electrons. The summed E-state index contributed by atoms with van der Waals surface area (Å²) in [5.74, 6) is -0.189. The van der Waals surface area contributed by atoms with Crippen LogP contribution in [0.5, 0.6) is 0 Å². The second-order valence-corrected chi connectivity index (χ2v) is 8.22. The Kier molecular flexibility index (Phi) is 5.64. The molecule has 1 fully saturated rings. The van der Waals surface area contributed by atoms with Gasteiger partial charge in [-0.1, -0.05) is 39.0 Å². The van der Waals surface area contributed by atoms with Gasteiger partial charge in [-0.05, 0) is 60.6 Å². The second-order valence-electron chi connectivity index (χ2n) is 8.22. The van der Waals surface area contributed by atoms with E-state index in [1.165, 1.54) is 12.0 Å². The third-order valence-electron chi connectivity index (χ3n) is 5.02. The van der Waals surface area contributed by atoms with E-state index in [0.717, 1.165) is 31.6 Å². The van der Waals surface area contributed by atoms with E-state index in [4.69, 9.17) is 0 Å². The highest BCUT2D eigenvalue weighted by Gasteiger charge is 2.19. The van der Waals surface area contributed by atoms with Crippen LogP contribution in [0.15, 0.2) is 48.5 Å². The van der Waals surface area contributed by atoms with Crippen LogP contribution >= 0.6 is 0 Å². The molecular formula is C23H28N2O2. The highest BCUT2D eigenvalue weighted by Crippen LogP contribution is 2.23. The number of hydrogen-bond donors (Lipinski definition) is 1. The Morgan fingerprint density at radius 1 is 0.889 bits per heavy atom. The van der Waals surface area contributed by atoms with E-state index in [9.17, 15) is 9.59 Å². The largest absolute Gasteiger partial charge is 0.339 e. The predicted molar refractivity (Wildman–Crippen MR) is 109 cm³/mol. The molecule has 4 heteroatoms. The van der Waals surface area contributed by atoms with Gasteiger partial charge in [-0.2, -0.15) is 0 Å². The van der Waals surface area contributed by atoms with Crippen molar-refractivity contribution < 1.29 is 9.59 Å². The van der Waals surface area contributed by atoms with E-state index < -0.39 is 0 Å². The first kappa shape index (κ1) is 19.2. The Morgan fingerprint density at radius 2 is 1.52 bits per heavy atom. The maximum atomic E-state index is 12.7. The van der Waals surface area contributed by atoms with E-state index in [2.05, 4.69) is 26.1 Å². The molecule has 2 amide bonds. The van der Waals surface area contributed by atoms with Crippen LogP contribution in [0.3, 0.4) is 0 Å². The molecule has 0 radical (unpaired) electrons. The third-order valence-corrected chi connectivity index (χ3v) is 5.02. The molecule has 2 aromatic carbocycles. The smallest absolute Gasteiger partial charge is 0.255 e. The summed E-state index contributed by atoms with van der Waals surface area (Å²) in [6.45, 7) is 8.08. The fourth-order valence-electron chi connectivity index (χ4n) is 3.33. The molecule has 0 unspecified atom stereocenters. The van der Waals surface area contributed by atoms with E-state index in [1.54, 1.807) is 24.3 Å². The molecule has 3 rings (SSSR count). The number of amides is 2. The zero-order valence-electron chi connectivity index (χ0n) is 16.4. The SMILES string of the molecule is CC(C)(C)c1ccc(NC(=O)c2cccc(C(=O)N3CCCCC3)c2)cc1. The molecule has 1 aliphatic rings. The molecule has 2 aromatic rings. The molecule has 0 spiro atoms. The van der Waals surface area contributed by atoms with Crippen molar-refractivity contribution in [3.63, 3.8) is 0 Å². The number of carbonyl (C=O) groups excluding carboxylic acids is 2. The highest BCUT2D eigenvalue weighted by atomic mass is 16.2. The molecule has 0 aliphatic carbocycles. The lowest BCUT2D eigenvalue weighted by Crippen LogP contribution is -2.35. The summed E-state index contributed by atoms with van der Waals surface area (Å²) in [6, 6.07) is 14.9. The van der Waals surface area contributed by atoms with Gasteiger partial charge in [0.05, 0.1) is 0 Å². The van der Waals surface area contributed by atoms with Gasteiger partial charge >= 0.3 is 0 Å². The van der Waals surface area contributed by atoms with Gasteiger partial charge in [-0.25, -0.2) is 0 Å². The Labute approximate surface area is 161 Å². The molecule has 1 N–H and O–H groups in total. The summed E-state index contributed by atoms with van der Waals surface area (Å²) in [6.07, 6.45) is 3.28. The Balaban J connectivity index is 1.70. The monoisotopic (exact) mass is 364 g/mol. The van der Waals surface area contributed by atoms with Gasteiger partial charge < -0.3 is 10.2 Å². The van der Waals surface area contributed by atoms with Crippen molar-refractivity contribution in [1.82, 2.24) is 4.90 Å². The molecule has 27 heavy (non-hydrogen) atoms. The number of benzene rings is 2. The summed E-state index contributed by atoms with van der Waals surface area (Å²) in [4.78, 5) is 27.2. The molecule has 0 aromatic heterocycles. The van der Waals surface area contributed by atoms with Crippen molar-refractivity contribution >= 4 is 17.5 Å². The van der Waals surface area contributed by atoms with Crippen molar-refractivity contribution in [2.75, 3.05) is 18.4 Å². The van der Waals surface area contributed by atoms with Gasteiger partial charge in [0.2, 0.25) is 0 Å². The normalized spacial score (nSPS) is 14.7. The maximum absolute atomic E-state index is 12.7. The van der Waals surface area contributed by atoms with Crippen LogP contribution in [0.2, 0.25) is 0 Å². The molecular weight excluding hydrogens is 336 g/mol. The van der Waals surface area contributed by atoms with Crippen LogP contribution in [0.4, 0.5) is 5.69 Å². The van der Waals surface area contributed by atoms with E-state index in [1.807, 2.05) is 29.2 Å². The minimum Gasteiger partial charge on any atom is -0.339 e. The molecule has 1 heterocycles. The minimum absolute atomic E-state index is 0.0129. The van der Waals surface area contributed by atoms with Crippen molar-refractivity contribution in [3.8, 4) is 0 Å². The first-order valence-electron chi connectivity index (χ1n) is 9.66. The van der Waals surface area contributed by atoms with Crippen LogP contribution in [0.1, 0.15) is 66.3 Å². The average molecular weight is 364 g/mol. The second kappa shape index (κ2) is 7.95. The topological polar surface area (TPSA) is 49.4 Å². The van der Waals surface area contributed by atoms with Crippen LogP contribution < -0.4 is 5.32 Å². The lowest BCUT2D eigenvalue weighted by atomic mass is 9.87. The summed E-state index contributed by atoms with van der Waals surface area (Å²) in [5, 5.41) is 2.92. The zero-order valence-corrected chi connectivity index (χ0v) is 16.4. The number of rotatable bonds is 3. The number of likely N-dealkylation sites (tertiary alicyclic amines) is 1. The highest BCUT2D eigenvalue weighted by molar-refractivity contribution is 6.06. The van der Waals surface area contributed by atoms with Crippen LogP contribution in [0.25, 0.3) is 0 Å². The Hall–Kier alpha value is -2.62. The standard InChI is InChI=1S/C23H28N2O2/c1-23(2,3)19-10-12-20(13-11-19)24-21(26)17-8-7-9-18(16-17)22(27)25-14-5-4-6-15-25/h7-13,16H,4-6,14-15H2,1-3H3,(H,24,26). The number of anilines is 1. The summed E-state index contributed by atoms with van der Waals surface area (Å²) in [5.41, 5.74) is 3.12. The average Bonchev–Trinajstić information content (AvgIpc) is 2.68.